The van der Waals surface area contributed by atoms with E-state index in [1.54, 1.807) is 7.11 Å². The Bertz CT molecular complexity index is 1010. The number of methoxy groups -OCH3 is 1. The van der Waals surface area contributed by atoms with E-state index in [4.69, 9.17) is 9.47 Å². The molecule has 1 aromatic heterocycles. The Labute approximate surface area is 187 Å². The summed E-state index contributed by atoms with van der Waals surface area (Å²) in [7, 11) is 1.67. The molecule has 6 nitrogen and oxygen atoms in total. The third-order valence-corrected chi connectivity index (χ3v) is 6.68. The van der Waals surface area contributed by atoms with Crippen LogP contribution in [-0.4, -0.2) is 39.5 Å². The first-order valence-electron chi connectivity index (χ1n) is 10.6. The number of nitrogens with zero attached hydrogens (tertiary/aromatic N) is 3. The molecule has 0 N–H and O–H groups in total. The number of carbonyl (C=O) groups excluding carboxylic acids is 1. The second kappa shape index (κ2) is 10.6. The van der Waals surface area contributed by atoms with Crippen LogP contribution >= 0.6 is 11.8 Å². The van der Waals surface area contributed by atoms with Gasteiger partial charge in [-0.25, -0.2) is 0 Å². The number of carbonyl (C=O) groups is 1. The molecule has 162 valence electrons. The van der Waals surface area contributed by atoms with E-state index in [0.717, 1.165) is 47.1 Å². The molecule has 1 aliphatic rings. The lowest BCUT2D eigenvalue weighted by Gasteiger charge is -2.20. The zero-order valence-electron chi connectivity index (χ0n) is 17.7. The predicted octanol–water partition coefficient (Wildman–Crippen LogP) is 4.77. The summed E-state index contributed by atoms with van der Waals surface area (Å²) in [5, 5.41) is 9.48. The van der Waals surface area contributed by atoms with E-state index in [-0.39, 0.29) is 5.25 Å². The molecule has 4 rings (SSSR count). The number of hydrogen-bond donors (Lipinski definition) is 0. The van der Waals surface area contributed by atoms with Gasteiger partial charge in [0.25, 0.3) is 0 Å². The van der Waals surface area contributed by atoms with E-state index < -0.39 is 0 Å². The standard InChI is InChI=1S/C24H27N3O3S/c1-29-16-15-27-23(25-26-24(27)31-22-14-8-6-12-20(22)28)17-30-21-13-7-5-11-19(21)18-9-3-2-4-10-18/h2-5,7,9-11,13,22H,6,8,12,14-17H2,1H3. The van der Waals surface area contributed by atoms with E-state index in [1.807, 2.05) is 41.0 Å². The maximum atomic E-state index is 12.3. The molecule has 0 aliphatic heterocycles. The molecule has 1 unspecified atom stereocenters. The maximum Gasteiger partial charge on any atom is 0.192 e. The fraction of sp³-hybridized carbons (Fsp3) is 0.375. The zero-order valence-corrected chi connectivity index (χ0v) is 18.5. The second-order valence-electron chi connectivity index (χ2n) is 7.51. The Morgan fingerprint density at radius 3 is 2.68 bits per heavy atom. The van der Waals surface area contributed by atoms with E-state index >= 15 is 0 Å². The molecule has 3 aromatic rings. The van der Waals surface area contributed by atoms with Crippen LogP contribution in [0.25, 0.3) is 11.1 Å². The molecular formula is C24H27N3O3S. The lowest BCUT2D eigenvalue weighted by molar-refractivity contribution is -0.119. The van der Waals surface area contributed by atoms with E-state index in [2.05, 4.69) is 28.4 Å². The Morgan fingerprint density at radius 2 is 1.87 bits per heavy atom. The molecule has 0 amide bonds. The maximum absolute atomic E-state index is 12.3. The minimum atomic E-state index is -0.0354. The van der Waals surface area contributed by atoms with Gasteiger partial charge < -0.3 is 14.0 Å². The average Bonchev–Trinajstić information content (AvgIpc) is 3.19. The fourth-order valence-corrected chi connectivity index (χ4v) is 4.91. The molecule has 0 radical (unpaired) electrons. The number of thioether (sulfide) groups is 1. The number of para-hydroxylation sites is 1. The van der Waals surface area contributed by atoms with Gasteiger partial charge in [0.2, 0.25) is 0 Å². The normalized spacial score (nSPS) is 16.4. The third kappa shape index (κ3) is 5.35. The van der Waals surface area contributed by atoms with Crippen LogP contribution in [0, 0.1) is 0 Å². The van der Waals surface area contributed by atoms with Crippen molar-refractivity contribution >= 4 is 17.5 Å². The summed E-state index contributed by atoms with van der Waals surface area (Å²) in [6, 6.07) is 18.2. The largest absolute Gasteiger partial charge is 0.485 e. The first kappa shape index (κ1) is 21.6. The monoisotopic (exact) mass is 437 g/mol. The summed E-state index contributed by atoms with van der Waals surface area (Å²) >= 11 is 1.52. The molecule has 1 saturated carbocycles. The van der Waals surface area contributed by atoms with Crippen molar-refractivity contribution in [2.24, 2.45) is 0 Å². The van der Waals surface area contributed by atoms with Crippen LogP contribution in [0.15, 0.2) is 59.8 Å². The summed E-state index contributed by atoms with van der Waals surface area (Å²) in [5.41, 5.74) is 2.14. The number of aromatic nitrogens is 3. The zero-order chi connectivity index (χ0) is 21.5. The van der Waals surface area contributed by atoms with Gasteiger partial charge in [-0.2, -0.15) is 0 Å². The van der Waals surface area contributed by atoms with Crippen LogP contribution in [0.1, 0.15) is 31.5 Å². The summed E-state index contributed by atoms with van der Waals surface area (Å²) in [5.74, 6) is 1.84. The predicted molar refractivity (Wildman–Crippen MR) is 121 cm³/mol. The van der Waals surface area contributed by atoms with Crippen LogP contribution in [0.3, 0.4) is 0 Å². The van der Waals surface area contributed by atoms with E-state index in [0.29, 0.717) is 32.0 Å². The highest BCUT2D eigenvalue weighted by molar-refractivity contribution is 8.00. The topological polar surface area (TPSA) is 66.2 Å². The first-order valence-corrected chi connectivity index (χ1v) is 11.5. The van der Waals surface area contributed by atoms with Gasteiger partial charge in [0.1, 0.15) is 18.1 Å². The van der Waals surface area contributed by atoms with Crippen LogP contribution in [0.2, 0.25) is 0 Å². The van der Waals surface area contributed by atoms with Crippen LogP contribution < -0.4 is 4.74 Å². The molecular weight excluding hydrogens is 410 g/mol. The Balaban J connectivity index is 1.52. The average molecular weight is 438 g/mol. The Hall–Kier alpha value is -2.64. The van der Waals surface area contributed by atoms with Gasteiger partial charge in [0, 0.05) is 25.6 Å². The molecule has 7 heteroatoms. The lowest BCUT2D eigenvalue weighted by atomic mass is 9.99. The molecule has 0 bridgehead atoms. The van der Waals surface area contributed by atoms with Gasteiger partial charge in [-0.3, -0.25) is 4.79 Å². The summed E-state index contributed by atoms with van der Waals surface area (Å²) in [4.78, 5) is 12.3. The highest BCUT2D eigenvalue weighted by atomic mass is 32.2. The highest BCUT2D eigenvalue weighted by Crippen LogP contribution is 2.32. The number of rotatable bonds is 9. The molecule has 31 heavy (non-hydrogen) atoms. The minimum Gasteiger partial charge on any atom is -0.485 e. The molecule has 1 aliphatic carbocycles. The Morgan fingerprint density at radius 1 is 1.06 bits per heavy atom. The van der Waals surface area contributed by atoms with Gasteiger partial charge in [0.05, 0.1) is 11.9 Å². The van der Waals surface area contributed by atoms with Gasteiger partial charge in [0.15, 0.2) is 11.0 Å². The summed E-state index contributed by atoms with van der Waals surface area (Å²) in [6.45, 7) is 1.45. The summed E-state index contributed by atoms with van der Waals surface area (Å²) in [6.07, 6.45) is 3.64. The fourth-order valence-electron chi connectivity index (χ4n) is 3.71. The van der Waals surface area contributed by atoms with Gasteiger partial charge in [-0.1, -0.05) is 66.7 Å². The molecule has 2 aromatic carbocycles. The number of ketones is 1. The molecule has 1 atom stereocenters. The van der Waals surface area contributed by atoms with Crippen molar-refractivity contribution in [3.63, 3.8) is 0 Å². The van der Waals surface area contributed by atoms with Crippen LogP contribution in [0.5, 0.6) is 5.75 Å². The van der Waals surface area contributed by atoms with Crippen molar-refractivity contribution in [1.82, 2.24) is 14.8 Å². The van der Waals surface area contributed by atoms with Crippen molar-refractivity contribution in [3.8, 4) is 16.9 Å². The number of benzene rings is 2. The van der Waals surface area contributed by atoms with Crippen molar-refractivity contribution in [2.75, 3.05) is 13.7 Å². The van der Waals surface area contributed by atoms with Crippen molar-refractivity contribution in [1.29, 1.82) is 0 Å². The number of ether oxygens (including phenoxy) is 2. The third-order valence-electron chi connectivity index (χ3n) is 5.39. The van der Waals surface area contributed by atoms with Gasteiger partial charge in [-0.05, 0) is 24.5 Å². The SMILES string of the molecule is COCCn1c(COc2ccccc2-c2ccccc2)nnc1SC1CCCCC1=O. The summed E-state index contributed by atoms with van der Waals surface area (Å²) < 4.78 is 13.5. The van der Waals surface area contributed by atoms with Crippen molar-refractivity contribution in [2.45, 2.75) is 49.2 Å². The van der Waals surface area contributed by atoms with Crippen LogP contribution in [-0.2, 0) is 22.7 Å². The van der Waals surface area contributed by atoms with Crippen molar-refractivity contribution < 1.29 is 14.3 Å². The highest BCUT2D eigenvalue weighted by Gasteiger charge is 2.26. The minimum absolute atomic E-state index is 0.0354. The lowest BCUT2D eigenvalue weighted by Crippen LogP contribution is -2.22. The second-order valence-corrected chi connectivity index (χ2v) is 8.68. The first-order chi connectivity index (χ1) is 15.3. The van der Waals surface area contributed by atoms with E-state index in [9.17, 15) is 4.79 Å². The van der Waals surface area contributed by atoms with Gasteiger partial charge >= 0.3 is 0 Å². The van der Waals surface area contributed by atoms with E-state index in [1.165, 1.54) is 11.8 Å². The smallest absolute Gasteiger partial charge is 0.192 e. The number of Topliss-reactive ketones (excluding diaryl/α,β-unsaturated/α-hetero) is 1. The molecule has 1 heterocycles. The van der Waals surface area contributed by atoms with Gasteiger partial charge in [-0.15, -0.1) is 10.2 Å². The molecule has 0 spiro atoms. The quantitative estimate of drug-likeness (QED) is 0.480. The molecule has 1 fully saturated rings. The van der Waals surface area contributed by atoms with Crippen LogP contribution in [0.4, 0.5) is 0 Å². The Kier molecular flexibility index (Phi) is 7.38. The number of hydrogen-bond acceptors (Lipinski definition) is 6. The van der Waals surface area contributed by atoms with Crippen molar-refractivity contribution in [3.05, 3.63) is 60.4 Å². The molecule has 0 saturated heterocycles.